The zero-order chi connectivity index (χ0) is 29.9. The molecule has 0 aliphatic carbocycles. The summed E-state index contributed by atoms with van der Waals surface area (Å²) in [6, 6.07) is 37.0. The third-order valence-corrected chi connectivity index (χ3v) is 7.94. The van der Waals surface area contributed by atoms with E-state index in [9.17, 15) is 0 Å². The molecule has 2 N–H and O–H groups in total. The van der Waals surface area contributed by atoms with Gasteiger partial charge in [0.2, 0.25) is 0 Å². The van der Waals surface area contributed by atoms with Crippen LogP contribution in [-0.2, 0) is 6.54 Å². The van der Waals surface area contributed by atoms with Gasteiger partial charge in [-0.15, -0.1) is 0 Å². The number of fused-ring (bicyclic) bond motifs is 1. The molecule has 0 saturated carbocycles. The number of aromatic nitrogens is 1. The highest BCUT2D eigenvalue weighted by atomic mass is 15.0. The van der Waals surface area contributed by atoms with Crippen molar-refractivity contribution in [2.75, 3.05) is 5.32 Å². The highest BCUT2D eigenvalue weighted by Crippen LogP contribution is 2.38. The maximum absolute atomic E-state index is 5.43. The van der Waals surface area contributed by atoms with Crippen LogP contribution in [0.15, 0.2) is 103 Å². The molecule has 0 amide bonds. The summed E-state index contributed by atoms with van der Waals surface area (Å²) >= 11 is 0. The molecule has 4 aromatic carbocycles. The Morgan fingerprint density at radius 3 is 1.98 bits per heavy atom. The maximum atomic E-state index is 5.43. The lowest BCUT2D eigenvalue weighted by atomic mass is 9.91. The Morgan fingerprint density at radius 1 is 0.667 bits per heavy atom. The first-order chi connectivity index (χ1) is 20.1. The minimum absolute atomic E-state index is 0.0123. The van der Waals surface area contributed by atoms with Crippen molar-refractivity contribution in [3.8, 4) is 11.3 Å². The number of hydrogen-bond acceptors (Lipinski definition) is 3. The van der Waals surface area contributed by atoms with Gasteiger partial charge in [0, 0.05) is 23.3 Å². The SMILES string of the molecule is CC(C)c1cccc(C(C)C)c1NC(c1ccccc1)c1cccc(-c2c(CNC(C)(C)C)ccc3ccccc23)n1. The molecule has 3 heteroatoms. The zero-order valence-corrected chi connectivity index (χ0v) is 26.2. The number of rotatable bonds is 9. The van der Waals surface area contributed by atoms with Gasteiger partial charge >= 0.3 is 0 Å². The van der Waals surface area contributed by atoms with Gasteiger partial charge in [-0.3, -0.25) is 4.98 Å². The van der Waals surface area contributed by atoms with Gasteiger partial charge in [-0.1, -0.05) is 119 Å². The van der Waals surface area contributed by atoms with Crippen molar-refractivity contribution >= 4 is 16.5 Å². The van der Waals surface area contributed by atoms with Gasteiger partial charge in [0.15, 0.2) is 0 Å². The predicted molar refractivity (Wildman–Crippen MR) is 180 cm³/mol. The number of benzene rings is 4. The van der Waals surface area contributed by atoms with Crippen molar-refractivity contribution in [2.45, 2.75) is 78.4 Å². The van der Waals surface area contributed by atoms with Gasteiger partial charge in [-0.2, -0.15) is 0 Å². The van der Waals surface area contributed by atoms with Crippen LogP contribution < -0.4 is 10.6 Å². The molecule has 1 heterocycles. The van der Waals surface area contributed by atoms with Crippen LogP contribution in [-0.4, -0.2) is 10.5 Å². The van der Waals surface area contributed by atoms with E-state index in [1.165, 1.54) is 44.3 Å². The van der Waals surface area contributed by atoms with Crippen LogP contribution in [0.4, 0.5) is 5.69 Å². The smallest absolute Gasteiger partial charge is 0.0940 e. The van der Waals surface area contributed by atoms with Gasteiger partial charge < -0.3 is 10.6 Å². The Balaban J connectivity index is 1.67. The highest BCUT2D eigenvalue weighted by molar-refractivity contribution is 5.97. The number of nitrogens with one attached hydrogen (secondary N) is 2. The summed E-state index contributed by atoms with van der Waals surface area (Å²) in [6.45, 7) is 16.5. The largest absolute Gasteiger partial charge is 0.372 e. The number of anilines is 1. The van der Waals surface area contributed by atoms with Crippen molar-refractivity contribution in [2.24, 2.45) is 0 Å². The van der Waals surface area contributed by atoms with Crippen LogP contribution in [0.3, 0.4) is 0 Å². The summed E-state index contributed by atoms with van der Waals surface area (Å²) in [6.07, 6.45) is 0. The van der Waals surface area contributed by atoms with Gasteiger partial charge in [-0.05, 0) is 77.8 Å². The molecule has 5 rings (SSSR count). The lowest BCUT2D eigenvalue weighted by Crippen LogP contribution is -2.35. The third-order valence-electron chi connectivity index (χ3n) is 7.94. The molecule has 0 saturated heterocycles. The van der Waals surface area contributed by atoms with Crippen LogP contribution in [0.2, 0.25) is 0 Å². The molecule has 1 atom stereocenters. The van der Waals surface area contributed by atoms with E-state index in [0.29, 0.717) is 11.8 Å². The van der Waals surface area contributed by atoms with Gasteiger partial charge in [0.1, 0.15) is 0 Å². The maximum Gasteiger partial charge on any atom is 0.0940 e. The van der Waals surface area contributed by atoms with Crippen LogP contribution in [0.5, 0.6) is 0 Å². The molecule has 1 unspecified atom stereocenters. The Bertz CT molecular complexity index is 1620. The molecule has 3 nitrogen and oxygen atoms in total. The van der Waals surface area contributed by atoms with E-state index in [1.54, 1.807) is 0 Å². The summed E-state index contributed by atoms with van der Waals surface area (Å²) in [7, 11) is 0. The van der Waals surface area contributed by atoms with E-state index >= 15 is 0 Å². The lowest BCUT2D eigenvalue weighted by Gasteiger charge is -2.27. The van der Waals surface area contributed by atoms with Gasteiger partial charge in [-0.25, -0.2) is 0 Å². The van der Waals surface area contributed by atoms with E-state index in [1.807, 2.05) is 0 Å². The number of para-hydroxylation sites is 1. The topological polar surface area (TPSA) is 37.0 Å². The molecular formula is C39H45N3. The number of nitrogens with zero attached hydrogens (tertiary/aromatic N) is 1. The molecule has 1 aromatic heterocycles. The second kappa shape index (κ2) is 12.5. The molecule has 0 radical (unpaired) electrons. The number of hydrogen-bond donors (Lipinski definition) is 2. The Morgan fingerprint density at radius 2 is 1.31 bits per heavy atom. The Hall–Kier alpha value is -3.95. The average molecular weight is 556 g/mol. The van der Waals surface area contributed by atoms with Crippen LogP contribution >= 0.6 is 0 Å². The van der Waals surface area contributed by atoms with Crippen molar-refractivity contribution in [1.29, 1.82) is 0 Å². The Kier molecular flexibility index (Phi) is 8.80. The van der Waals surface area contributed by atoms with E-state index in [4.69, 9.17) is 4.98 Å². The molecule has 0 aliphatic rings. The Labute approximate surface area is 252 Å². The second-order valence-electron chi connectivity index (χ2n) is 13.0. The monoisotopic (exact) mass is 555 g/mol. The highest BCUT2D eigenvalue weighted by Gasteiger charge is 2.22. The quantitative estimate of drug-likeness (QED) is 0.190. The van der Waals surface area contributed by atoms with Gasteiger partial charge in [0.25, 0.3) is 0 Å². The van der Waals surface area contributed by atoms with E-state index in [2.05, 4.69) is 162 Å². The first-order valence-electron chi connectivity index (χ1n) is 15.3. The summed E-state index contributed by atoms with van der Waals surface area (Å²) in [5.41, 5.74) is 9.57. The first-order valence-corrected chi connectivity index (χ1v) is 15.3. The molecule has 0 fully saturated rings. The van der Waals surface area contributed by atoms with Gasteiger partial charge in [0.05, 0.1) is 17.4 Å². The lowest BCUT2D eigenvalue weighted by molar-refractivity contribution is 0.424. The van der Waals surface area contributed by atoms with Crippen LogP contribution in [0.1, 0.15) is 94.3 Å². The summed E-state index contributed by atoms with van der Waals surface area (Å²) < 4.78 is 0. The van der Waals surface area contributed by atoms with E-state index in [-0.39, 0.29) is 11.6 Å². The zero-order valence-electron chi connectivity index (χ0n) is 26.2. The minimum Gasteiger partial charge on any atom is -0.372 e. The molecular weight excluding hydrogens is 510 g/mol. The predicted octanol–water partition coefficient (Wildman–Crippen LogP) is 10.2. The standard InChI is InChI=1S/C39H45N3/c1-26(2)31-19-13-20-32(27(3)4)38(31)42-37(29-16-9-8-10-17-29)35-22-14-21-34(41-35)36-30(25-40-39(5,6)7)24-23-28-15-11-12-18-33(28)36/h8-24,26-27,37,40,42H,25H2,1-7H3. The van der Waals surface area contributed by atoms with Crippen LogP contribution in [0.25, 0.3) is 22.0 Å². The van der Waals surface area contributed by atoms with E-state index in [0.717, 1.165) is 17.9 Å². The number of pyridine rings is 1. The molecule has 0 bridgehead atoms. The minimum atomic E-state index is -0.102. The van der Waals surface area contributed by atoms with Crippen molar-refractivity contribution in [1.82, 2.24) is 10.3 Å². The third kappa shape index (κ3) is 6.58. The van der Waals surface area contributed by atoms with Crippen molar-refractivity contribution in [3.05, 3.63) is 131 Å². The molecule has 0 aliphatic heterocycles. The second-order valence-corrected chi connectivity index (χ2v) is 13.0. The summed E-state index contributed by atoms with van der Waals surface area (Å²) in [5, 5.41) is 10.2. The van der Waals surface area contributed by atoms with Crippen molar-refractivity contribution in [3.63, 3.8) is 0 Å². The fraction of sp³-hybridized carbons (Fsp3) is 0.308. The first kappa shape index (κ1) is 29.5. The molecule has 0 spiro atoms. The fourth-order valence-corrected chi connectivity index (χ4v) is 5.71. The normalized spacial score (nSPS) is 12.7. The summed E-state index contributed by atoms with van der Waals surface area (Å²) in [5.74, 6) is 0.797. The van der Waals surface area contributed by atoms with Crippen molar-refractivity contribution < 1.29 is 0 Å². The fourth-order valence-electron chi connectivity index (χ4n) is 5.71. The average Bonchev–Trinajstić information content (AvgIpc) is 2.98. The van der Waals surface area contributed by atoms with E-state index < -0.39 is 0 Å². The summed E-state index contributed by atoms with van der Waals surface area (Å²) in [4.78, 5) is 5.43. The molecule has 42 heavy (non-hydrogen) atoms. The molecule has 216 valence electrons. The molecule has 5 aromatic rings. The van der Waals surface area contributed by atoms with Crippen LogP contribution in [0, 0.1) is 0 Å².